The lowest BCUT2D eigenvalue weighted by Crippen LogP contribution is -2.51. The van der Waals surface area contributed by atoms with Crippen molar-refractivity contribution in [2.24, 2.45) is 0 Å². The molecular weight excluding hydrogens is 260 g/mol. The number of rotatable bonds is 6. The van der Waals surface area contributed by atoms with E-state index in [9.17, 15) is 0 Å². The van der Waals surface area contributed by atoms with Crippen LogP contribution < -0.4 is 5.32 Å². The van der Waals surface area contributed by atoms with Gasteiger partial charge in [-0.3, -0.25) is 4.90 Å². The monoisotopic (exact) mass is 290 g/mol. The minimum Gasteiger partial charge on any atom is -0.370 e. The third-order valence-electron chi connectivity index (χ3n) is 3.79. The molecule has 1 N–H and O–H groups in total. The predicted octanol–water partition coefficient (Wildman–Crippen LogP) is 3.19. The first-order valence-electron chi connectivity index (χ1n) is 8.17. The number of morpholine rings is 1. The maximum atomic E-state index is 5.98. The molecule has 1 aromatic carbocycles. The van der Waals surface area contributed by atoms with Crippen LogP contribution >= 0.6 is 0 Å². The Bertz CT molecular complexity index is 445. The smallest absolute Gasteiger partial charge is 0.0757 e. The van der Waals surface area contributed by atoms with E-state index in [4.69, 9.17) is 4.74 Å². The molecule has 0 saturated carbocycles. The molecule has 1 heterocycles. The van der Waals surface area contributed by atoms with E-state index in [-0.39, 0.29) is 5.60 Å². The van der Waals surface area contributed by atoms with Crippen molar-refractivity contribution < 1.29 is 4.74 Å². The molecular formula is C18H30N2O. The molecule has 0 radical (unpaired) electrons. The summed E-state index contributed by atoms with van der Waals surface area (Å²) in [5, 5.41) is 3.47. The molecule has 1 atom stereocenters. The molecule has 0 aromatic heterocycles. The molecule has 1 aromatic rings. The highest BCUT2D eigenvalue weighted by atomic mass is 16.5. The number of nitrogens with zero attached hydrogens (tertiary/aromatic N) is 1. The van der Waals surface area contributed by atoms with Gasteiger partial charge in [0, 0.05) is 26.2 Å². The standard InChI is InChI=1S/C18H30N2O/c1-5-9-19-11-16-7-6-8-17(10-16)13-20-12-15(2)21-18(3,4)14-20/h6-8,10,15,19H,5,9,11-14H2,1-4H3. The van der Waals surface area contributed by atoms with Crippen LogP contribution in [-0.2, 0) is 17.8 Å². The van der Waals surface area contributed by atoms with Crippen molar-refractivity contribution in [2.45, 2.75) is 58.9 Å². The van der Waals surface area contributed by atoms with Gasteiger partial charge in [-0.1, -0.05) is 31.2 Å². The lowest BCUT2D eigenvalue weighted by Gasteiger charge is -2.41. The van der Waals surface area contributed by atoms with Crippen molar-refractivity contribution in [2.75, 3.05) is 19.6 Å². The van der Waals surface area contributed by atoms with Gasteiger partial charge in [-0.2, -0.15) is 0 Å². The van der Waals surface area contributed by atoms with Crippen LogP contribution in [0.3, 0.4) is 0 Å². The van der Waals surface area contributed by atoms with Crippen molar-refractivity contribution in [3.05, 3.63) is 35.4 Å². The fourth-order valence-electron chi connectivity index (χ4n) is 3.21. The van der Waals surface area contributed by atoms with Crippen molar-refractivity contribution in [1.29, 1.82) is 0 Å². The first-order chi connectivity index (χ1) is 9.98. The zero-order valence-electron chi connectivity index (χ0n) is 14.0. The molecule has 0 aliphatic carbocycles. The summed E-state index contributed by atoms with van der Waals surface area (Å²) in [6.45, 7) is 13.8. The first kappa shape index (κ1) is 16.5. The van der Waals surface area contributed by atoms with E-state index in [1.165, 1.54) is 17.5 Å². The van der Waals surface area contributed by atoms with Gasteiger partial charge in [-0.05, 0) is 44.9 Å². The molecule has 2 rings (SSSR count). The van der Waals surface area contributed by atoms with E-state index in [1.807, 2.05) is 0 Å². The van der Waals surface area contributed by atoms with Gasteiger partial charge < -0.3 is 10.1 Å². The second-order valence-corrected chi connectivity index (χ2v) is 6.85. The van der Waals surface area contributed by atoms with Gasteiger partial charge in [0.05, 0.1) is 11.7 Å². The van der Waals surface area contributed by atoms with Crippen molar-refractivity contribution in [1.82, 2.24) is 10.2 Å². The Morgan fingerprint density at radius 2 is 2.10 bits per heavy atom. The molecule has 1 unspecified atom stereocenters. The van der Waals surface area contributed by atoms with E-state index in [0.29, 0.717) is 6.10 Å². The van der Waals surface area contributed by atoms with Gasteiger partial charge in [0.1, 0.15) is 0 Å². The Morgan fingerprint density at radius 1 is 1.33 bits per heavy atom. The lowest BCUT2D eigenvalue weighted by molar-refractivity contribution is -0.130. The molecule has 21 heavy (non-hydrogen) atoms. The van der Waals surface area contributed by atoms with Gasteiger partial charge in [0.2, 0.25) is 0 Å². The third kappa shape index (κ3) is 5.42. The SMILES string of the molecule is CCCNCc1cccc(CN2CC(C)OC(C)(C)C2)c1. The largest absolute Gasteiger partial charge is 0.370 e. The lowest BCUT2D eigenvalue weighted by atomic mass is 10.0. The molecule has 1 fully saturated rings. The summed E-state index contributed by atoms with van der Waals surface area (Å²) < 4.78 is 5.98. The first-order valence-corrected chi connectivity index (χ1v) is 8.17. The number of ether oxygens (including phenoxy) is 1. The zero-order chi connectivity index (χ0) is 15.3. The average molecular weight is 290 g/mol. The van der Waals surface area contributed by atoms with E-state index in [0.717, 1.165) is 32.7 Å². The van der Waals surface area contributed by atoms with Crippen LogP contribution in [0.1, 0.15) is 45.2 Å². The maximum absolute atomic E-state index is 5.98. The summed E-state index contributed by atoms with van der Waals surface area (Å²) in [6.07, 6.45) is 1.49. The Hall–Kier alpha value is -0.900. The van der Waals surface area contributed by atoms with Crippen LogP contribution in [0.2, 0.25) is 0 Å². The van der Waals surface area contributed by atoms with Gasteiger partial charge in [-0.15, -0.1) is 0 Å². The minimum atomic E-state index is -0.0437. The summed E-state index contributed by atoms with van der Waals surface area (Å²) in [6, 6.07) is 8.94. The third-order valence-corrected chi connectivity index (χ3v) is 3.79. The van der Waals surface area contributed by atoms with Crippen LogP contribution in [0.4, 0.5) is 0 Å². The Kier molecular flexibility index (Phi) is 5.80. The summed E-state index contributed by atoms with van der Waals surface area (Å²) in [4.78, 5) is 2.51. The zero-order valence-corrected chi connectivity index (χ0v) is 14.0. The fraction of sp³-hybridized carbons (Fsp3) is 0.667. The number of benzene rings is 1. The number of hydrogen-bond donors (Lipinski definition) is 1. The van der Waals surface area contributed by atoms with E-state index < -0.39 is 0 Å². The second-order valence-electron chi connectivity index (χ2n) is 6.85. The maximum Gasteiger partial charge on any atom is 0.0757 e. The summed E-state index contributed by atoms with van der Waals surface area (Å²) in [5.41, 5.74) is 2.73. The van der Waals surface area contributed by atoms with E-state index >= 15 is 0 Å². The van der Waals surface area contributed by atoms with Crippen molar-refractivity contribution in [3.63, 3.8) is 0 Å². The van der Waals surface area contributed by atoms with E-state index in [2.05, 4.69) is 62.2 Å². The van der Waals surface area contributed by atoms with Gasteiger partial charge in [-0.25, -0.2) is 0 Å². The van der Waals surface area contributed by atoms with Crippen LogP contribution in [0.5, 0.6) is 0 Å². The summed E-state index contributed by atoms with van der Waals surface area (Å²) in [7, 11) is 0. The highest BCUT2D eigenvalue weighted by molar-refractivity contribution is 5.23. The van der Waals surface area contributed by atoms with Crippen LogP contribution in [-0.4, -0.2) is 36.2 Å². The molecule has 0 amide bonds. The molecule has 0 bridgehead atoms. The average Bonchev–Trinajstić information content (AvgIpc) is 2.37. The number of hydrogen-bond acceptors (Lipinski definition) is 3. The molecule has 3 nitrogen and oxygen atoms in total. The second kappa shape index (κ2) is 7.39. The molecule has 1 aliphatic rings. The summed E-state index contributed by atoms with van der Waals surface area (Å²) in [5.74, 6) is 0. The molecule has 0 spiro atoms. The highest BCUT2D eigenvalue weighted by Gasteiger charge is 2.31. The fourth-order valence-corrected chi connectivity index (χ4v) is 3.21. The molecule has 118 valence electrons. The van der Waals surface area contributed by atoms with E-state index in [1.54, 1.807) is 0 Å². The van der Waals surface area contributed by atoms with Crippen LogP contribution in [0.25, 0.3) is 0 Å². The normalized spacial score (nSPS) is 22.4. The molecule has 1 aliphatic heterocycles. The highest BCUT2D eigenvalue weighted by Crippen LogP contribution is 2.22. The van der Waals surface area contributed by atoms with Gasteiger partial charge in [0.15, 0.2) is 0 Å². The van der Waals surface area contributed by atoms with Crippen LogP contribution in [0, 0.1) is 0 Å². The molecule has 3 heteroatoms. The Morgan fingerprint density at radius 3 is 2.81 bits per heavy atom. The van der Waals surface area contributed by atoms with Crippen molar-refractivity contribution in [3.8, 4) is 0 Å². The summed E-state index contributed by atoms with van der Waals surface area (Å²) >= 11 is 0. The van der Waals surface area contributed by atoms with Gasteiger partial charge in [0.25, 0.3) is 0 Å². The Balaban J connectivity index is 1.94. The van der Waals surface area contributed by atoms with Gasteiger partial charge >= 0.3 is 0 Å². The topological polar surface area (TPSA) is 24.5 Å². The minimum absolute atomic E-state index is 0.0437. The number of nitrogens with one attached hydrogen (secondary N) is 1. The quantitative estimate of drug-likeness (QED) is 0.814. The van der Waals surface area contributed by atoms with Crippen LogP contribution in [0.15, 0.2) is 24.3 Å². The molecule has 1 saturated heterocycles. The Labute approximate surface area is 129 Å². The van der Waals surface area contributed by atoms with Crippen molar-refractivity contribution >= 4 is 0 Å². The predicted molar refractivity (Wildman–Crippen MR) is 88.3 cm³/mol.